The smallest absolute Gasteiger partial charge is 0.215 e. The van der Waals surface area contributed by atoms with Crippen molar-refractivity contribution in [2.45, 2.75) is 51.3 Å². The number of guanidine groups is 1. The molecule has 1 aromatic rings. The summed E-state index contributed by atoms with van der Waals surface area (Å²) >= 11 is 0. The average Bonchev–Trinajstić information content (AvgIpc) is 3.12. The lowest BCUT2D eigenvalue weighted by atomic mass is 9.83. The van der Waals surface area contributed by atoms with E-state index in [1.54, 1.807) is 7.05 Å². The lowest BCUT2D eigenvalue weighted by Crippen LogP contribution is -2.42. The molecule has 0 saturated heterocycles. The van der Waals surface area contributed by atoms with Crippen molar-refractivity contribution in [2.75, 3.05) is 20.6 Å². The fraction of sp³-hybridized carbons (Fsp3) is 0.632. The second-order valence-corrected chi connectivity index (χ2v) is 9.05. The number of hydrogen-bond donors (Lipinski definition) is 3. The molecule has 0 heterocycles. The van der Waals surface area contributed by atoms with E-state index >= 15 is 0 Å². The molecule has 0 bridgehead atoms. The molecular formula is C19H32N4O2S. The SMILES string of the molecule is CCC1(CNC(=NC)NCc2ccc(CS(=O)(=O)NC)cc2)CCCC1. The third kappa shape index (κ3) is 5.99. The first-order valence-electron chi connectivity index (χ1n) is 9.35. The molecule has 6 nitrogen and oxygen atoms in total. The average molecular weight is 381 g/mol. The van der Waals surface area contributed by atoms with Crippen LogP contribution in [0.4, 0.5) is 0 Å². The monoisotopic (exact) mass is 380 g/mol. The summed E-state index contributed by atoms with van der Waals surface area (Å²) in [6, 6.07) is 7.61. The topological polar surface area (TPSA) is 82.6 Å². The molecule has 1 aromatic carbocycles. The summed E-state index contributed by atoms with van der Waals surface area (Å²) < 4.78 is 25.5. The van der Waals surface area contributed by atoms with Gasteiger partial charge in [-0.3, -0.25) is 4.99 Å². The third-order valence-corrected chi connectivity index (χ3v) is 6.75. The summed E-state index contributed by atoms with van der Waals surface area (Å²) in [5.74, 6) is 0.811. The summed E-state index contributed by atoms with van der Waals surface area (Å²) in [5.41, 5.74) is 2.28. The van der Waals surface area contributed by atoms with Gasteiger partial charge in [-0.1, -0.05) is 44.0 Å². The quantitative estimate of drug-likeness (QED) is 0.478. The molecule has 3 N–H and O–H groups in total. The maximum atomic E-state index is 11.6. The largest absolute Gasteiger partial charge is 0.356 e. The van der Waals surface area contributed by atoms with E-state index in [9.17, 15) is 8.42 Å². The van der Waals surface area contributed by atoms with Crippen LogP contribution < -0.4 is 15.4 Å². The second kappa shape index (κ2) is 9.37. The predicted octanol–water partition coefficient (Wildman–Crippen LogP) is 2.37. The summed E-state index contributed by atoms with van der Waals surface area (Å²) in [6.45, 7) is 3.89. The van der Waals surface area contributed by atoms with E-state index in [2.05, 4.69) is 27.3 Å². The normalized spacial score (nSPS) is 17.3. The fourth-order valence-electron chi connectivity index (χ4n) is 3.50. The molecule has 0 aliphatic heterocycles. The molecule has 146 valence electrons. The van der Waals surface area contributed by atoms with Crippen LogP contribution in [0.5, 0.6) is 0 Å². The van der Waals surface area contributed by atoms with Crippen molar-refractivity contribution in [2.24, 2.45) is 10.4 Å². The van der Waals surface area contributed by atoms with Crippen molar-refractivity contribution < 1.29 is 8.42 Å². The van der Waals surface area contributed by atoms with Gasteiger partial charge in [0.05, 0.1) is 5.75 Å². The number of hydrogen-bond acceptors (Lipinski definition) is 3. The first kappa shape index (κ1) is 20.7. The number of sulfonamides is 1. The van der Waals surface area contributed by atoms with Crippen LogP contribution in [0.15, 0.2) is 29.3 Å². The van der Waals surface area contributed by atoms with Gasteiger partial charge in [-0.05, 0) is 42.9 Å². The Morgan fingerprint density at radius 1 is 1.12 bits per heavy atom. The molecule has 1 saturated carbocycles. The molecule has 0 amide bonds. The standard InChI is InChI=1S/C19H32N4O2S/c1-4-19(11-5-6-12-19)15-23-18(20-2)22-13-16-7-9-17(10-8-16)14-26(24,25)21-3/h7-10,21H,4-6,11-15H2,1-3H3,(H2,20,22,23). The summed E-state index contributed by atoms with van der Waals surface area (Å²) in [7, 11) is -0.0167. The van der Waals surface area contributed by atoms with Crippen molar-refractivity contribution in [1.29, 1.82) is 0 Å². The molecule has 0 atom stereocenters. The van der Waals surface area contributed by atoms with Crippen LogP contribution in [-0.4, -0.2) is 35.0 Å². The fourth-order valence-corrected chi connectivity index (χ4v) is 4.28. The zero-order valence-electron chi connectivity index (χ0n) is 16.1. The maximum absolute atomic E-state index is 11.6. The number of rotatable bonds is 8. The minimum absolute atomic E-state index is 0.000463. The Kier molecular flexibility index (Phi) is 7.46. The zero-order valence-corrected chi connectivity index (χ0v) is 17.0. The van der Waals surface area contributed by atoms with E-state index < -0.39 is 10.0 Å². The van der Waals surface area contributed by atoms with E-state index in [0.29, 0.717) is 12.0 Å². The molecule has 2 rings (SSSR count). The summed E-state index contributed by atoms with van der Waals surface area (Å²) in [4.78, 5) is 4.31. The lowest BCUT2D eigenvalue weighted by Gasteiger charge is -2.28. The zero-order chi connectivity index (χ0) is 19.0. The molecular weight excluding hydrogens is 348 g/mol. The van der Waals surface area contributed by atoms with Crippen molar-refractivity contribution in [3.63, 3.8) is 0 Å². The lowest BCUT2D eigenvalue weighted by molar-refractivity contribution is 0.283. The summed E-state index contributed by atoms with van der Waals surface area (Å²) in [5, 5.41) is 6.81. The van der Waals surface area contributed by atoms with Crippen molar-refractivity contribution in [1.82, 2.24) is 15.4 Å². The molecule has 0 radical (unpaired) electrons. The molecule has 0 aromatic heterocycles. The van der Waals surface area contributed by atoms with E-state index in [1.165, 1.54) is 39.2 Å². The van der Waals surface area contributed by atoms with Crippen molar-refractivity contribution in [3.8, 4) is 0 Å². The summed E-state index contributed by atoms with van der Waals surface area (Å²) in [6.07, 6.45) is 6.46. The van der Waals surface area contributed by atoms with Gasteiger partial charge in [0.25, 0.3) is 0 Å². The predicted molar refractivity (Wildman–Crippen MR) is 108 cm³/mol. The Labute approximate surface area is 157 Å². The van der Waals surface area contributed by atoms with Crippen LogP contribution in [0, 0.1) is 5.41 Å². The van der Waals surface area contributed by atoms with Gasteiger partial charge in [-0.15, -0.1) is 0 Å². The maximum Gasteiger partial charge on any atom is 0.215 e. The first-order valence-corrected chi connectivity index (χ1v) is 11.0. The first-order chi connectivity index (χ1) is 12.4. The van der Waals surface area contributed by atoms with Crippen molar-refractivity contribution >= 4 is 16.0 Å². The van der Waals surface area contributed by atoms with Gasteiger partial charge in [0, 0.05) is 20.1 Å². The second-order valence-electron chi connectivity index (χ2n) is 7.12. The highest BCUT2D eigenvalue weighted by molar-refractivity contribution is 7.88. The van der Waals surface area contributed by atoms with E-state index in [0.717, 1.165) is 23.6 Å². The minimum Gasteiger partial charge on any atom is -0.356 e. The van der Waals surface area contributed by atoms with E-state index in [4.69, 9.17) is 0 Å². The van der Waals surface area contributed by atoms with Crippen LogP contribution in [0.25, 0.3) is 0 Å². The van der Waals surface area contributed by atoms with Gasteiger partial charge in [-0.25, -0.2) is 13.1 Å². The van der Waals surface area contributed by atoms with Crippen LogP contribution >= 0.6 is 0 Å². The van der Waals surface area contributed by atoms with Gasteiger partial charge >= 0.3 is 0 Å². The van der Waals surface area contributed by atoms with Crippen LogP contribution in [-0.2, 0) is 22.3 Å². The molecule has 1 aliphatic carbocycles. The Morgan fingerprint density at radius 2 is 1.73 bits per heavy atom. The van der Waals surface area contributed by atoms with E-state index in [-0.39, 0.29) is 5.75 Å². The van der Waals surface area contributed by atoms with Gasteiger partial charge in [0.1, 0.15) is 0 Å². The number of aliphatic imine (C=N–C) groups is 1. The highest BCUT2D eigenvalue weighted by Crippen LogP contribution is 2.40. The van der Waals surface area contributed by atoms with Crippen LogP contribution in [0.2, 0.25) is 0 Å². The van der Waals surface area contributed by atoms with Gasteiger partial charge in [-0.2, -0.15) is 0 Å². The Morgan fingerprint density at radius 3 is 2.27 bits per heavy atom. The number of nitrogens with one attached hydrogen (secondary N) is 3. The molecule has 0 unspecified atom stereocenters. The van der Waals surface area contributed by atoms with Crippen LogP contribution in [0.1, 0.15) is 50.2 Å². The number of nitrogens with zero attached hydrogens (tertiary/aromatic N) is 1. The Bertz CT molecular complexity index is 693. The molecule has 1 aliphatic rings. The number of benzene rings is 1. The van der Waals surface area contributed by atoms with Crippen LogP contribution in [0.3, 0.4) is 0 Å². The third-order valence-electron chi connectivity index (χ3n) is 5.42. The molecule has 26 heavy (non-hydrogen) atoms. The minimum atomic E-state index is -3.23. The molecule has 0 spiro atoms. The van der Waals surface area contributed by atoms with Crippen molar-refractivity contribution in [3.05, 3.63) is 35.4 Å². The Balaban J connectivity index is 1.84. The highest BCUT2D eigenvalue weighted by atomic mass is 32.2. The highest BCUT2D eigenvalue weighted by Gasteiger charge is 2.31. The Hall–Kier alpha value is -1.60. The molecule has 7 heteroatoms. The van der Waals surface area contributed by atoms with Gasteiger partial charge < -0.3 is 10.6 Å². The van der Waals surface area contributed by atoms with Gasteiger partial charge in [0.15, 0.2) is 5.96 Å². The van der Waals surface area contributed by atoms with Gasteiger partial charge in [0.2, 0.25) is 10.0 Å². The molecule has 1 fully saturated rings. The van der Waals surface area contributed by atoms with E-state index in [1.807, 2.05) is 24.3 Å².